The Bertz CT molecular complexity index is 398. The lowest BCUT2D eigenvalue weighted by Crippen LogP contribution is -2.28. The van der Waals surface area contributed by atoms with Crippen LogP contribution >= 0.6 is 0 Å². The Balaban J connectivity index is 2.05. The Morgan fingerprint density at radius 1 is 1.47 bits per heavy atom. The zero-order chi connectivity index (χ0) is 12.1. The van der Waals surface area contributed by atoms with Crippen LogP contribution in [-0.2, 0) is 6.54 Å². The normalized spacial score (nSPS) is 15.9. The molecule has 2 rings (SSSR count). The molecule has 0 aliphatic carbocycles. The van der Waals surface area contributed by atoms with Gasteiger partial charge in [-0.15, -0.1) is 0 Å². The number of nitrogens with one attached hydrogen (secondary N) is 1. The van der Waals surface area contributed by atoms with Crippen LogP contribution in [0.15, 0.2) is 30.0 Å². The van der Waals surface area contributed by atoms with Crippen LogP contribution in [0.4, 0.5) is 5.69 Å². The highest BCUT2D eigenvalue weighted by Gasteiger charge is 2.10. The van der Waals surface area contributed by atoms with Crippen LogP contribution in [0.3, 0.4) is 0 Å². The van der Waals surface area contributed by atoms with Crippen molar-refractivity contribution in [3.05, 3.63) is 35.7 Å². The van der Waals surface area contributed by atoms with E-state index in [0.717, 1.165) is 31.9 Å². The van der Waals surface area contributed by atoms with Crippen LogP contribution in [0.5, 0.6) is 0 Å². The summed E-state index contributed by atoms with van der Waals surface area (Å²) < 4.78 is 0. The molecule has 1 N–H and O–H groups in total. The molecule has 1 aliphatic heterocycles. The van der Waals surface area contributed by atoms with Crippen LogP contribution in [0.2, 0.25) is 0 Å². The maximum atomic E-state index is 4.38. The predicted octanol–water partition coefficient (Wildman–Crippen LogP) is 2.35. The minimum absolute atomic E-state index is 0.854. The molecule has 0 amide bonds. The molecule has 3 nitrogen and oxygen atoms in total. The first kappa shape index (κ1) is 12.1. The number of hydrogen-bond donors (Lipinski definition) is 1. The summed E-state index contributed by atoms with van der Waals surface area (Å²) in [5.41, 5.74) is 3.91. The number of aromatic nitrogens is 1. The first-order valence-corrected chi connectivity index (χ1v) is 6.36. The molecule has 1 aromatic rings. The summed E-state index contributed by atoms with van der Waals surface area (Å²) in [5, 5.41) is 3.31. The fourth-order valence-corrected chi connectivity index (χ4v) is 2.02. The Kier molecular flexibility index (Phi) is 4.15. The monoisotopic (exact) mass is 231 g/mol. The first-order chi connectivity index (χ1) is 8.29. The molecule has 1 aromatic heterocycles. The summed E-state index contributed by atoms with van der Waals surface area (Å²) in [6.45, 7) is 8.30. The van der Waals surface area contributed by atoms with Crippen molar-refractivity contribution in [2.75, 3.05) is 24.5 Å². The number of hydrogen-bond acceptors (Lipinski definition) is 3. The third kappa shape index (κ3) is 3.30. The molecule has 2 heterocycles. The van der Waals surface area contributed by atoms with Gasteiger partial charge in [0.05, 0.1) is 5.69 Å². The lowest BCUT2D eigenvalue weighted by atomic mass is 10.1. The molecule has 1 aliphatic rings. The molecule has 17 heavy (non-hydrogen) atoms. The fourth-order valence-electron chi connectivity index (χ4n) is 2.02. The van der Waals surface area contributed by atoms with Crippen LogP contribution in [0, 0.1) is 0 Å². The summed E-state index contributed by atoms with van der Waals surface area (Å²) in [5.74, 6) is 0. The van der Waals surface area contributed by atoms with E-state index in [-0.39, 0.29) is 0 Å². The summed E-state index contributed by atoms with van der Waals surface area (Å²) in [7, 11) is 0. The largest absolute Gasteiger partial charge is 0.367 e. The van der Waals surface area contributed by atoms with Crippen LogP contribution in [0.25, 0.3) is 0 Å². The quantitative estimate of drug-likeness (QED) is 0.806. The van der Waals surface area contributed by atoms with E-state index in [4.69, 9.17) is 0 Å². The summed E-state index contributed by atoms with van der Waals surface area (Å²) >= 11 is 0. The third-order valence-electron chi connectivity index (χ3n) is 3.16. The Morgan fingerprint density at radius 3 is 3.06 bits per heavy atom. The molecule has 0 spiro atoms. The van der Waals surface area contributed by atoms with Crippen LogP contribution in [-0.4, -0.2) is 24.6 Å². The Morgan fingerprint density at radius 2 is 2.35 bits per heavy atom. The number of pyridine rings is 1. The van der Waals surface area contributed by atoms with Crippen molar-refractivity contribution in [3.63, 3.8) is 0 Å². The topological polar surface area (TPSA) is 28.2 Å². The summed E-state index contributed by atoms with van der Waals surface area (Å²) in [6.07, 6.45) is 5.39. The van der Waals surface area contributed by atoms with E-state index in [9.17, 15) is 0 Å². The first-order valence-electron chi connectivity index (χ1n) is 6.36. The number of nitrogens with zero attached hydrogens (tertiary/aromatic N) is 2. The fraction of sp³-hybridized carbons (Fsp3) is 0.500. The zero-order valence-corrected chi connectivity index (χ0v) is 10.7. The van der Waals surface area contributed by atoms with Crippen molar-refractivity contribution in [3.8, 4) is 0 Å². The summed E-state index contributed by atoms with van der Waals surface area (Å²) in [6, 6.07) is 4.29. The maximum Gasteiger partial charge on any atom is 0.0562 e. The smallest absolute Gasteiger partial charge is 0.0562 e. The van der Waals surface area contributed by atoms with E-state index in [1.54, 1.807) is 0 Å². The highest BCUT2D eigenvalue weighted by Crippen LogP contribution is 2.19. The van der Waals surface area contributed by atoms with Gasteiger partial charge in [0, 0.05) is 31.5 Å². The zero-order valence-electron chi connectivity index (χ0n) is 10.7. The predicted molar refractivity (Wildman–Crippen MR) is 72.2 cm³/mol. The van der Waals surface area contributed by atoms with Crippen molar-refractivity contribution in [1.29, 1.82) is 0 Å². The molecule has 0 unspecified atom stereocenters. The molecule has 0 atom stereocenters. The van der Waals surface area contributed by atoms with Crippen LogP contribution < -0.4 is 10.2 Å². The van der Waals surface area contributed by atoms with Gasteiger partial charge in [-0.05, 0) is 32.0 Å². The Labute approximate surface area is 104 Å². The van der Waals surface area contributed by atoms with E-state index in [1.165, 1.54) is 17.7 Å². The second-order valence-electron chi connectivity index (χ2n) is 4.53. The SMILES string of the molecule is CCNCc1cc(N2CC=C(C)CC2)ccn1. The molecule has 0 radical (unpaired) electrons. The van der Waals surface area contributed by atoms with Gasteiger partial charge in [-0.3, -0.25) is 4.98 Å². The third-order valence-corrected chi connectivity index (χ3v) is 3.16. The van der Waals surface area contributed by atoms with Gasteiger partial charge in [-0.1, -0.05) is 18.6 Å². The second kappa shape index (κ2) is 5.82. The van der Waals surface area contributed by atoms with Crippen molar-refractivity contribution < 1.29 is 0 Å². The molecule has 0 fully saturated rings. The number of anilines is 1. The van der Waals surface area contributed by atoms with Crippen LogP contribution in [0.1, 0.15) is 26.0 Å². The van der Waals surface area contributed by atoms with Crippen molar-refractivity contribution >= 4 is 5.69 Å². The lowest BCUT2D eigenvalue weighted by molar-refractivity contribution is 0.708. The minimum atomic E-state index is 0.854. The standard InChI is InChI=1S/C14H21N3/c1-3-15-11-13-10-14(4-7-16-13)17-8-5-12(2)6-9-17/h4-5,7,10,15H,3,6,8-9,11H2,1-2H3. The van der Waals surface area contributed by atoms with Gasteiger partial charge >= 0.3 is 0 Å². The molecule has 0 bridgehead atoms. The van der Waals surface area contributed by atoms with Gasteiger partial charge in [-0.25, -0.2) is 0 Å². The van der Waals surface area contributed by atoms with Gasteiger partial charge in [0.15, 0.2) is 0 Å². The van der Waals surface area contributed by atoms with Gasteiger partial charge in [0.25, 0.3) is 0 Å². The highest BCUT2D eigenvalue weighted by atomic mass is 15.1. The minimum Gasteiger partial charge on any atom is -0.367 e. The van der Waals surface area contributed by atoms with Crippen molar-refractivity contribution in [2.45, 2.75) is 26.8 Å². The molecular weight excluding hydrogens is 210 g/mol. The highest BCUT2D eigenvalue weighted by molar-refractivity contribution is 5.48. The van der Waals surface area contributed by atoms with Gasteiger partial charge in [0.1, 0.15) is 0 Å². The average Bonchev–Trinajstić information content (AvgIpc) is 2.37. The van der Waals surface area contributed by atoms with E-state index >= 15 is 0 Å². The Hall–Kier alpha value is -1.35. The molecule has 92 valence electrons. The molecule has 0 saturated heterocycles. The average molecular weight is 231 g/mol. The van der Waals surface area contributed by atoms with Crippen molar-refractivity contribution in [1.82, 2.24) is 10.3 Å². The maximum absolute atomic E-state index is 4.38. The van der Waals surface area contributed by atoms with E-state index in [1.807, 2.05) is 6.20 Å². The van der Waals surface area contributed by atoms with Crippen molar-refractivity contribution in [2.24, 2.45) is 0 Å². The number of rotatable bonds is 4. The van der Waals surface area contributed by atoms with Gasteiger partial charge < -0.3 is 10.2 Å². The summed E-state index contributed by atoms with van der Waals surface area (Å²) in [4.78, 5) is 6.79. The van der Waals surface area contributed by atoms with E-state index in [0.29, 0.717) is 0 Å². The molecule has 3 heteroatoms. The van der Waals surface area contributed by atoms with E-state index in [2.05, 4.69) is 47.3 Å². The lowest BCUT2D eigenvalue weighted by Gasteiger charge is -2.27. The molecule has 0 aromatic carbocycles. The van der Waals surface area contributed by atoms with Gasteiger partial charge in [-0.2, -0.15) is 0 Å². The van der Waals surface area contributed by atoms with Gasteiger partial charge in [0.2, 0.25) is 0 Å². The molecular formula is C14H21N3. The van der Waals surface area contributed by atoms with E-state index < -0.39 is 0 Å². The molecule has 0 saturated carbocycles. The second-order valence-corrected chi connectivity index (χ2v) is 4.53.